The van der Waals surface area contributed by atoms with Gasteiger partial charge in [-0.25, -0.2) is 0 Å². The van der Waals surface area contributed by atoms with E-state index in [1.165, 1.54) is 33.0 Å². The molecule has 0 atom stereocenters. The van der Waals surface area contributed by atoms with E-state index < -0.39 is 0 Å². The van der Waals surface area contributed by atoms with Crippen molar-refractivity contribution in [3.05, 3.63) is 63.7 Å². The van der Waals surface area contributed by atoms with Crippen LogP contribution >= 0.6 is 0 Å². The third kappa shape index (κ3) is 1.10. The standard InChI is InChI=1S/C19H14/c1-4-12-10-11-18-16-7-2-6-14(16)15-8-3-9-17(15)19(18)13(12)5-1/h1-4,7,9-11H,5-6,8H2. The number of rotatable bonds is 0. The van der Waals surface area contributed by atoms with E-state index >= 15 is 0 Å². The predicted molar refractivity (Wildman–Crippen MR) is 82.2 cm³/mol. The van der Waals surface area contributed by atoms with Crippen LogP contribution in [0.15, 0.2) is 30.4 Å². The summed E-state index contributed by atoms with van der Waals surface area (Å²) in [5.74, 6) is 0. The van der Waals surface area contributed by atoms with Crippen LogP contribution in [0.4, 0.5) is 0 Å². The van der Waals surface area contributed by atoms with Crippen LogP contribution in [0.3, 0.4) is 0 Å². The molecular weight excluding hydrogens is 228 g/mol. The highest BCUT2D eigenvalue weighted by Crippen LogP contribution is 2.42. The van der Waals surface area contributed by atoms with Crippen LogP contribution < -0.4 is 0 Å². The Morgan fingerprint density at radius 1 is 0.632 bits per heavy atom. The van der Waals surface area contributed by atoms with Crippen molar-refractivity contribution < 1.29 is 0 Å². The molecule has 0 aliphatic heterocycles. The van der Waals surface area contributed by atoms with Crippen molar-refractivity contribution in [3.8, 4) is 0 Å². The molecule has 0 spiro atoms. The maximum absolute atomic E-state index is 2.34. The van der Waals surface area contributed by atoms with Gasteiger partial charge in [-0.05, 0) is 63.4 Å². The van der Waals surface area contributed by atoms with E-state index in [1.54, 1.807) is 11.1 Å². The summed E-state index contributed by atoms with van der Waals surface area (Å²) in [5, 5.41) is 2.97. The van der Waals surface area contributed by atoms with Crippen LogP contribution in [0.1, 0.15) is 33.4 Å². The van der Waals surface area contributed by atoms with Gasteiger partial charge >= 0.3 is 0 Å². The summed E-state index contributed by atoms with van der Waals surface area (Å²) in [6.45, 7) is 0. The quantitative estimate of drug-likeness (QED) is 0.636. The molecule has 0 aromatic heterocycles. The Morgan fingerprint density at radius 2 is 1.32 bits per heavy atom. The van der Waals surface area contributed by atoms with Gasteiger partial charge in [-0.1, -0.05) is 48.6 Å². The Kier molecular flexibility index (Phi) is 1.69. The van der Waals surface area contributed by atoms with Crippen LogP contribution in [0.25, 0.3) is 29.0 Å². The first-order chi connectivity index (χ1) is 9.43. The van der Waals surface area contributed by atoms with Crippen LogP contribution in [-0.4, -0.2) is 0 Å². The van der Waals surface area contributed by atoms with Crippen molar-refractivity contribution in [2.24, 2.45) is 0 Å². The van der Waals surface area contributed by atoms with Gasteiger partial charge in [0, 0.05) is 0 Å². The Morgan fingerprint density at radius 3 is 2.21 bits per heavy atom. The lowest BCUT2D eigenvalue weighted by molar-refractivity contribution is 1.19. The highest BCUT2D eigenvalue weighted by Gasteiger charge is 2.23. The van der Waals surface area contributed by atoms with E-state index in [2.05, 4.69) is 48.6 Å². The minimum atomic E-state index is 1.09. The lowest BCUT2D eigenvalue weighted by atomic mass is 9.88. The zero-order valence-electron chi connectivity index (χ0n) is 10.7. The molecule has 0 fully saturated rings. The van der Waals surface area contributed by atoms with Crippen molar-refractivity contribution >= 4 is 29.0 Å². The molecule has 2 aromatic carbocycles. The molecule has 0 nitrogen and oxygen atoms in total. The topological polar surface area (TPSA) is 0 Å². The average molecular weight is 242 g/mol. The molecule has 0 unspecified atom stereocenters. The van der Waals surface area contributed by atoms with Gasteiger partial charge in [0.15, 0.2) is 0 Å². The van der Waals surface area contributed by atoms with Crippen LogP contribution in [-0.2, 0) is 19.3 Å². The van der Waals surface area contributed by atoms with Crippen molar-refractivity contribution in [2.75, 3.05) is 0 Å². The number of benzene rings is 2. The molecule has 3 aliphatic carbocycles. The minimum absolute atomic E-state index is 1.09. The predicted octanol–water partition coefficient (Wildman–Crippen LogP) is 4.55. The first-order valence-corrected chi connectivity index (χ1v) is 7.06. The fourth-order valence-corrected chi connectivity index (χ4v) is 3.94. The second-order valence-corrected chi connectivity index (χ2v) is 5.66. The summed E-state index contributed by atoms with van der Waals surface area (Å²) >= 11 is 0. The van der Waals surface area contributed by atoms with Crippen LogP contribution in [0.2, 0.25) is 0 Å². The van der Waals surface area contributed by atoms with E-state index in [0.717, 1.165) is 19.3 Å². The van der Waals surface area contributed by atoms with Gasteiger partial charge in [-0.3, -0.25) is 0 Å². The summed E-state index contributed by atoms with van der Waals surface area (Å²) in [6.07, 6.45) is 17.2. The SMILES string of the molecule is C1=Cc2c(c3c(c4c5c(ccc24)C=CC5)C=CC3)C1. The monoisotopic (exact) mass is 242 g/mol. The summed E-state index contributed by atoms with van der Waals surface area (Å²) in [5.41, 5.74) is 9.07. The van der Waals surface area contributed by atoms with E-state index in [-0.39, 0.29) is 0 Å². The van der Waals surface area contributed by atoms with Crippen molar-refractivity contribution in [1.82, 2.24) is 0 Å². The normalized spacial score (nSPS) is 17.3. The Labute approximate surface area is 112 Å². The minimum Gasteiger partial charge on any atom is -0.0795 e. The van der Waals surface area contributed by atoms with Gasteiger partial charge in [0.05, 0.1) is 0 Å². The third-order valence-electron chi connectivity index (χ3n) is 4.76. The maximum Gasteiger partial charge on any atom is -0.00612 e. The van der Waals surface area contributed by atoms with E-state index in [1.807, 2.05) is 0 Å². The van der Waals surface area contributed by atoms with E-state index in [4.69, 9.17) is 0 Å². The summed E-state index contributed by atoms with van der Waals surface area (Å²) in [6, 6.07) is 4.61. The molecule has 2 aromatic rings. The second-order valence-electron chi connectivity index (χ2n) is 5.66. The van der Waals surface area contributed by atoms with Gasteiger partial charge in [-0.2, -0.15) is 0 Å². The molecule has 0 saturated heterocycles. The molecule has 0 heteroatoms. The van der Waals surface area contributed by atoms with Gasteiger partial charge in [0.1, 0.15) is 0 Å². The summed E-state index contributed by atoms with van der Waals surface area (Å²) in [4.78, 5) is 0. The molecule has 0 radical (unpaired) electrons. The molecule has 0 amide bonds. The van der Waals surface area contributed by atoms with Crippen molar-refractivity contribution in [3.63, 3.8) is 0 Å². The lowest BCUT2D eigenvalue weighted by Crippen LogP contribution is -1.98. The molecule has 0 saturated carbocycles. The molecular formula is C19H14. The van der Waals surface area contributed by atoms with Crippen LogP contribution in [0.5, 0.6) is 0 Å². The molecule has 0 heterocycles. The first kappa shape index (κ1) is 9.80. The zero-order valence-corrected chi connectivity index (χ0v) is 10.7. The number of allylic oxidation sites excluding steroid dienone is 3. The van der Waals surface area contributed by atoms with Gasteiger partial charge < -0.3 is 0 Å². The fourth-order valence-electron chi connectivity index (χ4n) is 3.94. The highest BCUT2D eigenvalue weighted by molar-refractivity contribution is 6.04. The molecule has 90 valence electrons. The van der Waals surface area contributed by atoms with Crippen molar-refractivity contribution in [2.45, 2.75) is 19.3 Å². The summed E-state index contributed by atoms with van der Waals surface area (Å²) < 4.78 is 0. The highest BCUT2D eigenvalue weighted by atomic mass is 14.3. The Hall–Kier alpha value is -2.08. The second kappa shape index (κ2) is 3.27. The fraction of sp³-hybridized carbons (Fsp3) is 0.158. The molecule has 0 bridgehead atoms. The van der Waals surface area contributed by atoms with E-state index in [9.17, 15) is 0 Å². The number of hydrogen-bond donors (Lipinski definition) is 0. The average Bonchev–Trinajstić information content (AvgIpc) is 3.17. The van der Waals surface area contributed by atoms with Gasteiger partial charge in [-0.15, -0.1) is 0 Å². The van der Waals surface area contributed by atoms with Gasteiger partial charge in [0.2, 0.25) is 0 Å². The number of fused-ring (bicyclic) bond motifs is 8. The van der Waals surface area contributed by atoms with E-state index in [0.29, 0.717) is 0 Å². The summed E-state index contributed by atoms with van der Waals surface area (Å²) in [7, 11) is 0. The Bertz CT molecular complexity index is 829. The van der Waals surface area contributed by atoms with Crippen LogP contribution in [0, 0.1) is 0 Å². The lowest BCUT2D eigenvalue weighted by Gasteiger charge is -2.16. The molecule has 5 rings (SSSR count). The molecule has 0 N–H and O–H groups in total. The molecule has 3 aliphatic rings. The Balaban J connectivity index is 2.05. The number of hydrogen-bond acceptors (Lipinski definition) is 0. The molecule has 19 heavy (non-hydrogen) atoms. The maximum atomic E-state index is 2.34. The largest absolute Gasteiger partial charge is 0.0795 e. The zero-order chi connectivity index (χ0) is 12.4. The first-order valence-electron chi connectivity index (χ1n) is 7.06. The van der Waals surface area contributed by atoms with Gasteiger partial charge in [0.25, 0.3) is 0 Å². The smallest absolute Gasteiger partial charge is 0.00612 e. The van der Waals surface area contributed by atoms with Crippen molar-refractivity contribution in [1.29, 1.82) is 0 Å². The third-order valence-corrected chi connectivity index (χ3v) is 4.76.